The number of nitrogens with two attached hydrogens (primary N) is 1. The fourth-order valence-corrected chi connectivity index (χ4v) is 5.73. The van der Waals surface area contributed by atoms with Crippen LogP contribution in [0.2, 0.25) is 0 Å². The smallest absolute Gasteiger partial charge is 0.322 e. The molecule has 4 rings (SSSR count). The van der Waals surface area contributed by atoms with Gasteiger partial charge in [0.1, 0.15) is 17.7 Å². The molecule has 32 heavy (non-hydrogen) atoms. The Morgan fingerprint density at radius 2 is 1.78 bits per heavy atom. The maximum atomic E-state index is 13.5. The van der Waals surface area contributed by atoms with Crippen LogP contribution in [0.3, 0.4) is 0 Å². The highest BCUT2D eigenvalue weighted by molar-refractivity contribution is 7.90. The van der Waals surface area contributed by atoms with Crippen LogP contribution in [-0.2, 0) is 17.7 Å². The van der Waals surface area contributed by atoms with Gasteiger partial charge in [0.15, 0.2) is 0 Å². The first-order chi connectivity index (χ1) is 15.4. The summed E-state index contributed by atoms with van der Waals surface area (Å²) in [5.74, 6) is 1.74. The quantitative estimate of drug-likeness (QED) is 0.646. The summed E-state index contributed by atoms with van der Waals surface area (Å²) >= 11 is -0.966. The molecule has 1 saturated heterocycles. The number of benzene rings is 2. The first kappa shape index (κ1) is 23.0. The highest BCUT2D eigenvalue weighted by Gasteiger charge is 2.56. The lowest BCUT2D eigenvalue weighted by Crippen LogP contribution is -2.58. The predicted octanol–water partition coefficient (Wildman–Crippen LogP) is 3.69. The molecule has 6 nitrogen and oxygen atoms in total. The van der Waals surface area contributed by atoms with E-state index in [1.807, 2.05) is 35.2 Å². The van der Waals surface area contributed by atoms with Crippen molar-refractivity contribution < 1.29 is 14.1 Å². The maximum absolute atomic E-state index is 13.5. The second kappa shape index (κ2) is 9.73. The Hall–Kier alpha value is -2.22. The van der Waals surface area contributed by atoms with Gasteiger partial charge in [-0.3, -0.25) is 0 Å². The molecule has 172 valence electrons. The number of ether oxygens (including phenoxy) is 1. The molecule has 2 aromatic rings. The number of hydrogen-bond acceptors (Lipinski definition) is 4. The van der Waals surface area contributed by atoms with Gasteiger partial charge in [-0.1, -0.05) is 53.6 Å². The topological polar surface area (TPSA) is 81.9 Å². The third-order valence-electron chi connectivity index (χ3n) is 7.14. The average molecular weight is 456 g/mol. The third kappa shape index (κ3) is 4.47. The van der Waals surface area contributed by atoms with E-state index in [0.29, 0.717) is 24.8 Å². The normalized spacial score (nSPS) is 26.6. The molecule has 2 fully saturated rings. The number of rotatable bonds is 7. The molecule has 1 saturated carbocycles. The van der Waals surface area contributed by atoms with Gasteiger partial charge in [-0.2, -0.15) is 0 Å². The molecule has 2 aromatic carbocycles. The Kier molecular flexibility index (Phi) is 6.98. The van der Waals surface area contributed by atoms with Crippen LogP contribution >= 0.6 is 0 Å². The molecule has 1 heterocycles. The van der Waals surface area contributed by atoms with Gasteiger partial charge in [0, 0.05) is 6.54 Å². The Balaban J connectivity index is 1.55. The number of nitrogens with zero attached hydrogens (tertiary/aromatic N) is 2. The van der Waals surface area contributed by atoms with Gasteiger partial charge in [-0.15, -0.1) is 0 Å². The Labute approximate surface area is 193 Å². The van der Waals surface area contributed by atoms with E-state index in [-0.39, 0.29) is 12.2 Å². The van der Waals surface area contributed by atoms with Crippen LogP contribution in [0.15, 0.2) is 54.6 Å². The molecule has 2 aliphatic rings. The van der Waals surface area contributed by atoms with E-state index in [4.69, 9.17) is 10.5 Å². The highest BCUT2D eigenvalue weighted by atomic mass is 32.2. The van der Waals surface area contributed by atoms with Crippen LogP contribution in [-0.4, -0.2) is 57.8 Å². The van der Waals surface area contributed by atoms with Gasteiger partial charge in [-0.25, -0.2) is 4.79 Å². The number of hydrogen-bond donors (Lipinski definition) is 1. The van der Waals surface area contributed by atoms with Crippen molar-refractivity contribution in [2.45, 2.75) is 49.9 Å². The summed E-state index contributed by atoms with van der Waals surface area (Å²) in [5.41, 5.74) is 8.79. The summed E-state index contributed by atoms with van der Waals surface area (Å²) in [4.78, 5) is 17.3. The van der Waals surface area contributed by atoms with E-state index in [0.717, 1.165) is 37.0 Å². The summed E-state index contributed by atoms with van der Waals surface area (Å²) in [6.07, 6.45) is 5.00. The van der Waals surface area contributed by atoms with E-state index in [9.17, 15) is 9.35 Å². The van der Waals surface area contributed by atoms with Crippen molar-refractivity contribution >= 4 is 17.2 Å². The first-order valence-electron chi connectivity index (χ1n) is 11.3. The molecule has 0 aromatic heterocycles. The van der Waals surface area contributed by atoms with E-state index in [1.54, 1.807) is 18.3 Å². The lowest BCUT2D eigenvalue weighted by Gasteiger charge is -2.45. The van der Waals surface area contributed by atoms with Crippen molar-refractivity contribution in [1.82, 2.24) is 9.80 Å². The molecule has 7 heteroatoms. The highest BCUT2D eigenvalue weighted by Crippen LogP contribution is 2.46. The summed E-state index contributed by atoms with van der Waals surface area (Å²) in [7, 11) is 1.64. The van der Waals surface area contributed by atoms with Gasteiger partial charge in [0.05, 0.1) is 25.4 Å². The SMILES string of the molecule is COc1ccc(CN2C(=O)N(CC[S+](C)[O-])C3(CCC(c4ccccc4)CC3)C2N)cc1. The molecule has 2 N–H and O–H groups in total. The zero-order chi connectivity index (χ0) is 22.7. The number of urea groups is 1. The van der Waals surface area contributed by atoms with Crippen molar-refractivity contribution in [2.75, 3.05) is 25.7 Å². The molecule has 0 bridgehead atoms. The van der Waals surface area contributed by atoms with Crippen LogP contribution in [0, 0.1) is 0 Å². The summed E-state index contributed by atoms with van der Waals surface area (Å²) in [6, 6.07) is 18.3. The molecule has 1 aliphatic carbocycles. The van der Waals surface area contributed by atoms with E-state index in [1.165, 1.54) is 5.56 Å². The minimum Gasteiger partial charge on any atom is -0.617 e. The van der Waals surface area contributed by atoms with E-state index >= 15 is 0 Å². The monoisotopic (exact) mass is 455 g/mol. The van der Waals surface area contributed by atoms with Crippen LogP contribution in [0.5, 0.6) is 5.75 Å². The molecule has 2 amide bonds. The van der Waals surface area contributed by atoms with Crippen molar-refractivity contribution in [3.63, 3.8) is 0 Å². The lowest BCUT2D eigenvalue weighted by molar-refractivity contribution is 0.0850. The number of carbonyl (C=O) groups excluding carboxylic acids is 1. The first-order valence-corrected chi connectivity index (χ1v) is 13.0. The van der Waals surface area contributed by atoms with Gasteiger partial charge in [0.25, 0.3) is 0 Å². The van der Waals surface area contributed by atoms with Crippen LogP contribution in [0.1, 0.15) is 42.7 Å². The average Bonchev–Trinajstić information content (AvgIpc) is 3.00. The Bertz CT molecular complexity index is 898. The van der Waals surface area contributed by atoms with Crippen LogP contribution in [0.4, 0.5) is 4.79 Å². The molecular weight excluding hydrogens is 422 g/mol. The van der Waals surface area contributed by atoms with Gasteiger partial charge < -0.3 is 24.8 Å². The summed E-state index contributed by atoms with van der Waals surface area (Å²) in [5, 5.41) is 0. The molecular formula is C25H33N3O3S. The van der Waals surface area contributed by atoms with E-state index < -0.39 is 16.7 Å². The fourth-order valence-electron chi connectivity index (χ4n) is 5.29. The minimum absolute atomic E-state index is 0.0445. The summed E-state index contributed by atoms with van der Waals surface area (Å²) in [6.45, 7) is 0.935. The molecule has 1 aliphatic heterocycles. The van der Waals surface area contributed by atoms with Gasteiger partial charge in [-0.05, 0) is 54.9 Å². The number of amides is 2. The molecule has 2 atom stereocenters. The summed E-state index contributed by atoms with van der Waals surface area (Å²) < 4.78 is 17.1. The zero-order valence-corrected chi connectivity index (χ0v) is 19.7. The number of methoxy groups -OCH3 is 1. The third-order valence-corrected chi connectivity index (χ3v) is 7.89. The molecule has 1 spiro atoms. The molecule has 2 unspecified atom stereocenters. The van der Waals surface area contributed by atoms with Gasteiger partial charge >= 0.3 is 6.03 Å². The van der Waals surface area contributed by atoms with Crippen molar-refractivity contribution in [3.8, 4) is 5.75 Å². The standard InChI is InChI=1S/C25H33N3O3S/c1-31-22-10-8-19(9-11-22)18-27-23(26)25(28(24(27)29)16-17-32(2)30)14-12-21(13-15-25)20-6-4-3-5-7-20/h3-11,21,23H,12-18,26H2,1-2H3. The van der Waals surface area contributed by atoms with Crippen molar-refractivity contribution in [2.24, 2.45) is 5.73 Å². The second-order valence-corrected chi connectivity index (χ2v) is 10.5. The zero-order valence-electron chi connectivity index (χ0n) is 18.9. The number of carbonyl (C=O) groups is 1. The largest absolute Gasteiger partial charge is 0.617 e. The van der Waals surface area contributed by atoms with Crippen molar-refractivity contribution in [3.05, 3.63) is 65.7 Å². The minimum atomic E-state index is -0.966. The fraction of sp³-hybridized carbons (Fsp3) is 0.480. The van der Waals surface area contributed by atoms with Crippen LogP contribution in [0.25, 0.3) is 0 Å². The maximum Gasteiger partial charge on any atom is 0.322 e. The van der Waals surface area contributed by atoms with Crippen molar-refractivity contribution in [1.29, 1.82) is 0 Å². The molecule has 0 radical (unpaired) electrons. The van der Waals surface area contributed by atoms with E-state index in [2.05, 4.69) is 24.3 Å². The lowest BCUT2D eigenvalue weighted by atomic mass is 9.72. The second-order valence-electron chi connectivity index (χ2n) is 8.92. The van der Waals surface area contributed by atoms with Crippen LogP contribution < -0.4 is 10.5 Å². The Morgan fingerprint density at radius 1 is 1.12 bits per heavy atom. The predicted molar refractivity (Wildman–Crippen MR) is 128 cm³/mol. The Morgan fingerprint density at radius 3 is 2.38 bits per heavy atom. The van der Waals surface area contributed by atoms with Gasteiger partial charge in [0.2, 0.25) is 0 Å².